The third-order valence-corrected chi connectivity index (χ3v) is 7.82. The van der Waals surface area contributed by atoms with E-state index < -0.39 is 0 Å². The average molecular weight is 445 g/mol. The van der Waals surface area contributed by atoms with E-state index in [1.54, 1.807) is 22.7 Å². The van der Waals surface area contributed by atoms with Crippen molar-refractivity contribution in [2.75, 3.05) is 13.2 Å². The van der Waals surface area contributed by atoms with E-state index in [0.717, 1.165) is 57.7 Å². The van der Waals surface area contributed by atoms with Crippen molar-refractivity contribution >= 4 is 42.8 Å². The minimum atomic E-state index is 0.612. The minimum absolute atomic E-state index is 0.612. The van der Waals surface area contributed by atoms with E-state index in [4.69, 9.17) is 9.47 Å². The summed E-state index contributed by atoms with van der Waals surface area (Å²) in [6.45, 7) is 10.6. The van der Waals surface area contributed by atoms with Gasteiger partial charge in [0.15, 0.2) is 0 Å². The van der Waals surface area contributed by atoms with Gasteiger partial charge in [-0.05, 0) is 36.8 Å². The zero-order valence-electron chi connectivity index (χ0n) is 19.0. The van der Waals surface area contributed by atoms with Crippen molar-refractivity contribution in [2.45, 2.75) is 79.1 Å². The van der Waals surface area contributed by atoms with E-state index in [9.17, 15) is 0 Å². The van der Waals surface area contributed by atoms with E-state index in [-0.39, 0.29) is 0 Å². The fraction of sp³-hybridized carbons (Fsp3) is 0.615. The van der Waals surface area contributed by atoms with Crippen molar-refractivity contribution in [1.82, 2.24) is 0 Å². The van der Waals surface area contributed by atoms with Crippen LogP contribution in [0.15, 0.2) is 12.1 Å². The maximum atomic E-state index is 6.48. The Morgan fingerprint density at radius 3 is 1.53 bits per heavy atom. The van der Waals surface area contributed by atoms with Crippen LogP contribution in [0, 0.1) is 22.6 Å². The van der Waals surface area contributed by atoms with E-state index in [1.165, 1.54) is 38.5 Å². The van der Waals surface area contributed by atoms with Crippen LogP contribution in [0.5, 0.6) is 11.5 Å². The summed E-state index contributed by atoms with van der Waals surface area (Å²) >= 11 is 3.28. The lowest BCUT2D eigenvalue weighted by Gasteiger charge is -2.19. The first-order valence-electron chi connectivity index (χ1n) is 11.7. The molecular formula is C26H36O2S2. The second-order valence-corrected chi connectivity index (χ2v) is 10.0. The summed E-state index contributed by atoms with van der Waals surface area (Å²) in [4.78, 5) is 0. The molecule has 0 N–H and O–H groups in total. The number of hydrogen-bond donors (Lipinski definition) is 0. The number of fused-ring (bicyclic) bond motifs is 2. The van der Waals surface area contributed by atoms with Gasteiger partial charge in [0.2, 0.25) is 0 Å². The molecule has 4 heteroatoms. The van der Waals surface area contributed by atoms with Gasteiger partial charge in [0.25, 0.3) is 0 Å². The SMILES string of the molecule is CCCCC(CC)COc1c2c[c]sc2c(OCC(CC)CCCC)c2c[c]sc12. The highest BCUT2D eigenvalue weighted by Gasteiger charge is 2.20. The topological polar surface area (TPSA) is 18.5 Å². The van der Waals surface area contributed by atoms with Gasteiger partial charge in [0, 0.05) is 21.5 Å². The van der Waals surface area contributed by atoms with Gasteiger partial charge in [0.1, 0.15) is 11.5 Å². The van der Waals surface area contributed by atoms with E-state index in [2.05, 4.69) is 50.6 Å². The summed E-state index contributed by atoms with van der Waals surface area (Å²) in [7, 11) is 0. The Labute approximate surface area is 190 Å². The lowest BCUT2D eigenvalue weighted by atomic mass is 10.0. The highest BCUT2D eigenvalue weighted by molar-refractivity contribution is 7.19. The van der Waals surface area contributed by atoms with Gasteiger partial charge in [-0.25, -0.2) is 0 Å². The van der Waals surface area contributed by atoms with Gasteiger partial charge in [-0.15, -0.1) is 22.7 Å². The quantitative estimate of drug-likeness (QED) is 0.247. The number of hydrogen-bond acceptors (Lipinski definition) is 4. The second kappa shape index (κ2) is 12.0. The van der Waals surface area contributed by atoms with Crippen molar-refractivity contribution in [3.8, 4) is 11.5 Å². The predicted molar refractivity (Wildman–Crippen MR) is 132 cm³/mol. The van der Waals surface area contributed by atoms with Crippen molar-refractivity contribution in [2.24, 2.45) is 11.8 Å². The Morgan fingerprint density at radius 1 is 0.733 bits per heavy atom. The Balaban J connectivity index is 1.85. The first-order valence-corrected chi connectivity index (χ1v) is 13.4. The summed E-state index contributed by atoms with van der Waals surface area (Å²) in [5, 5.41) is 8.95. The third kappa shape index (κ3) is 5.50. The molecule has 0 fully saturated rings. The molecule has 0 spiro atoms. The van der Waals surface area contributed by atoms with Crippen LogP contribution in [0.25, 0.3) is 20.2 Å². The molecule has 3 aromatic rings. The van der Waals surface area contributed by atoms with Gasteiger partial charge in [-0.3, -0.25) is 0 Å². The van der Waals surface area contributed by atoms with Crippen molar-refractivity contribution < 1.29 is 9.47 Å². The van der Waals surface area contributed by atoms with Crippen LogP contribution >= 0.6 is 22.7 Å². The summed E-state index contributed by atoms with van der Waals surface area (Å²) < 4.78 is 15.3. The van der Waals surface area contributed by atoms with Crippen molar-refractivity contribution in [3.63, 3.8) is 0 Å². The van der Waals surface area contributed by atoms with Crippen LogP contribution in [-0.4, -0.2) is 13.2 Å². The second-order valence-electron chi connectivity index (χ2n) is 8.33. The fourth-order valence-electron chi connectivity index (χ4n) is 3.94. The lowest BCUT2D eigenvalue weighted by molar-refractivity contribution is 0.235. The number of rotatable bonds is 14. The molecule has 0 amide bonds. The molecule has 0 aliphatic rings. The molecule has 164 valence electrons. The average Bonchev–Trinajstić information content (AvgIpc) is 3.44. The molecule has 1 aromatic carbocycles. The van der Waals surface area contributed by atoms with Crippen LogP contribution in [0.2, 0.25) is 0 Å². The van der Waals surface area contributed by atoms with E-state index in [0.29, 0.717) is 11.8 Å². The summed E-state index contributed by atoms with van der Waals surface area (Å²) in [6.07, 6.45) is 9.84. The maximum absolute atomic E-state index is 6.48. The largest absolute Gasteiger partial charge is 0.491 e. The number of unbranched alkanes of at least 4 members (excludes halogenated alkanes) is 2. The fourth-order valence-corrected chi connectivity index (χ4v) is 5.58. The third-order valence-electron chi connectivity index (χ3n) is 6.13. The Kier molecular flexibility index (Phi) is 9.32. The molecule has 0 aliphatic heterocycles. The molecule has 0 aliphatic carbocycles. The highest BCUT2D eigenvalue weighted by atomic mass is 32.1. The van der Waals surface area contributed by atoms with Gasteiger partial charge >= 0.3 is 0 Å². The molecule has 3 rings (SSSR count). The molecule has 0 saturated heterocycles. The van der Waals surface area contributed by atoms with Crippen LogP contribution in [0.3, 0.4) is 0 Å². The Morgan fingerprint density at radius 2 is 1.17 bits per heavy atom. The Bertz CT molecular complexity index is 774. The molecule has 0 bridgehead atoms. The monoisotopic (exact) mass is 444 g/mol. The minimum Gasteiger partial charge on any atom is -0.491 e. The number of benzene rings is 1. The van der Waals surface area contributed by atoms with Crippen LogP contribution in [-0.2, 0) is 0 Å². The van der Waals surface area contributed by atoms with Gasteiger partial charge < -0.3 is 9.47 Å². The van der Waals surface area contributed by atoms with Crippen LogP contribution in [0.1, 0.15) is 79.1 Å². The predicted octanol–water partition coefficient (Wildman–Crippen LogP) is 8.91. The normalized spacial score (nSPS) is 13.7. The zero-order valence-corrected chi connectivity index (χ0v) is 20.6. The van der Waals surface area contributed by atoms with Crippen molar-refractivity contribution in [3.05, 3.63) is 22.9 Å². The summed E-state index contributed by atoms with van der Waals surface area (Å²) in [5.74, 6) is 3.23. The molecule has 30 heavy (non-hydrogen) atoms. The molecular weight excluding hydrogens is 408 g/mol. The number of ether oxygens (including phenoxy) is 2. The molecule has 2 aromatic heterocycles. The van der Waals surface area contributed by atoms with Crippen molar-refractivity contribution in [1.29, 1.82) is 0 Å². The molecule has 2 heterocycles. The molecule has 2 atom stereocenters. The maximum Gasteiger partial charge on any atom is 0.146 e. The van der Waals surface area contributed by atoms with Gasteiger partial charge in [-0.2, -0.15) is 0 Å². The van der Waals surface area contributed by atoms with Crippen LogP contribution < -0.4 is 9.47 Å². The van der Waals surface area contributed by atoms with Gasteiger partial charge in [-0.1, -0.05) is 66.2 Å². The Hall–Kier alpha value is -1.26. The van der Waals surface area contributed by atoms with Crippen LogP contribution in [0.4, 0.5) is 0 Å². The summed E-state index contributed by atoms with van der Waals surface area (Å²) in [6, 6.07) is 4.14. The van der Waals surface area contributed by atoms with E-state index in [1.807, 2.05) is 0 Å². The smallest absolute Gasteiger partial charge is 0.146 e. The first kappa shape index (κ1) is 23.4. The summed E-state index contributed by atoms with van der Waals surface area (Å²) in [5.41, 5.74) is 0. The lowest BCUT2D eigenvalue weighted by Crippen LogP contribution is -2.12. The van der Waals surface area contributed by atoms with Gasteiger partial charge in [0.05, 0.1) is 22.6 Å². The van der Waals surface area contributed by atoms with E-state index >= 15 is 0 Å². The zero-order chi connectivity index (χ0) is 21.3. The first-order chi connectivity index (χ1) is 14.7. The number of thiophene rings is 2. The molecule has 2 nitrogen and oxygen atoms in total. The molecule has 2 unspecified atom stereocenters. The molecule has 2 radical (unpaired) electrons. The molecule has 0 saturated carbocycles. The standard InChI is InChI=1S/C26H36O2S2/c1-5-9-11-19(7-3)17-27-23-21-13-15-30-26(21)24(22-14-16-29-25(22)23)28-18-20(8-4)12-10-6-2/h13-14,19-20H,5-12,17-18H2,1-4H3. The highest BCUT2D eigenvalue weighted by Crippen LogP contribution is 2.47.